The van der Waals surface area contributed by atoms with E-state index in [0.29, 0.717) is 10.2 Å². The second kappa shape index (κ2) is 3.61. The minimum Gasteiger partial charge on any atom is -0.506 e. The van der Waals surface area contributed by atoms with Crippen molar-refractivity contribution >= 4 is 15.9 Å². The zero-order chi connectivity index (χ0) is 10.1. The Balaban J connectivity index is 3.16. The fourth-order valence-electron chi connectivity index (χ4n) is 0.944. The van der Waals surface area contributed by atoms with Crippen LogP contribution >= 0.6 is 15.9 Å². The lowest BCUT2D eigenvalue weighted by molar-refractivity contribution is 0.203. The quantitative estimate of drug-likeness (QED) is 0.719. The summed E-state index contributed by atoms with van der Waals surface area (Å²) in [6, 6.07) is 1.49. The molecule has 0 aromatic carbocycles. The van der Waals surface area contributed by atoms with Gasteiger partial charge >= 0.3 is 0 Å². The van der Waals surface area contributed by atoms with Crippen molar-refractivity contribution in [1.82, 2.24) is 4.98 Å². The highest BCUT2D eigenvalue weighted by Gasteiger charge is 2.25. The van der Waals surface area contributed by atoms with Crippen LogP contribution in [0.15, 0.2) is 16.7 Å². The van der Waals surface area contributed by atoms with Crippen LogP contribution < -0.4 is 5.73 Å². The Morgan fingerprint density at radius 2 is 2.31 bits per heavy atom. The number of aromatic hydroxyl groups is 1. The first-order valence-electron chi connectivity index (χ1n) is 3.72. The first-order chi connectivity index (χ1) is 5.97. The van der Waals surface area contributed by atoms with Crippen molar-refractivity contribution in [1.29, 1.82) is 0 Å². The molecular formula is C8H11BrN2O2. The number of rotatable bonds is 2. The number of nitrogens with two attached hydrogens (primary N) is 1. The molecular weight excluding hydrogens is 236 g/mol. The maximum Gasteiger partial charge on any atom is 0.140 e. The van der Waals surface area contributed by atoms with Crippen molar-refractivity contribution in [2.45, 2.75) is 12.5 Å². The van der Waals surface area contributed by atoms with Crippen molar-refractivity contribution < 1.29 is 10.2 Å². The second-order valence-electron chi connectivity index (χ2n) is 3.10. The predicted octanol–water partition coefficient (Wildman–Crippen LogP) is 0.716. The Morgan fingerprint density at radius 1 is 1.69 bits per heavy atom. The van der Waals surface area contributed by atoms with Crippen molar-refractivity contribution in [3.8, 4) is 5.75 Å². The van der Waals surface area contributed by atoms with Crippen molar-refractivity contribution in [2.24, 2.45) is 5.73 Å². The van der Waals surface area contributed by atoms with E-state index in [0.717, 1.165) is 0 Å². The maximum atomic E-state index is 9.47. The molecule has 0 aliphatic carbocycles. The Hall–Kier alpha value is -0.650. The summed E-state index contributed by atoms with van der Waals surface area (Å²) < 4.78 is 0.669. The van der Waals surface area contributed by atoms with Gasteiger partial charge in [0.05, 0.1) is 12.1 Å². The van der Waals surface area contributed by atoms with Gasteiger partial charge in [-0.1, -0.05) is 0 Å². The van der Waals surface area contributed by atoms with E-state index in [1.807, 2.05) is 0 Å². The molecule has 0 amide bonds. The molecule has 0 radical (unpaired) electrons. The molecule has 1 atom stereocenters. The Labute approximate surface area is 84.5 Å². The van der Waals surface area contributed by atoms with Crippen LogP contribution in [0.2, 0.25) is 0 Å². The molecule has 0 saturated heterocycles. The number of halogens is 1. The van der Waals surface area contributed by atoms with E-state index in [1.54, 1.807) is 6.92 Å². The summed E-state index contributed by atoms with van der Waals surface area (Å²) in [6.07, 6.45) is 1.52. The minimum absolute atomic E-state index is 0.0200. The minimum atomic E-state index is -1.01. The molecule has 0 bridgehead atoms. The van der Waals surface area contributed by atoms with Crippen LogP contribution in [0.1, 0.15) is 12.6 Å². The first-order valence-corrected chi connectivity index (χ1v) is 4.51. The van der Waals surface area contributed by atoms with Crippen LogP contribution in [0.4, 0.5) is 0 Å². The molecule has 0 fully saturated rings. The number of hydrogen-bond acceptors (Lipinski definition) is 4. The van der Waals surface area contributed by atoms with Gasteiger partial charge in [-0.05, 0) is 28.9 Å². The number of hydrogen-bond donors (Lipinski definition) is 3. The van der Waals surface area contributed by atoms with Gasteiger partial charge in [-0.3, -0.25) is 4.98 Å². The van der Waals surface area contributed by atoms with Crippen molar-refractivity contribution in [2.75, 3.05) is 6.61 Å². The summed E-state index contributed by atoms with van der Waals surface area (Å²) >= 11 is 3.16. The lowest BCUT2D eigenvalue weighted by Gasteiger charge is -2.21. The molecule has 1 aromatic heterocycles. The Bertz CT molecular complexity index is 315. The average molecular weight is 247 g/mol. The summed E-state index contributed by atoms with van der Waals surface area (Å²) in [5, 5.41) is 18.4. The van der Waals surface area contributed by atoms with Crippen LogP contribution in [-0.4, -0.2) is 21.8 Å². The summed E-state index contributed by atoms with van der Waals surface area (Å²) in [4.78, 5) is 3.94. The van der Waals surface area contributed by atoms with E-state index >= 15 is 0 Å². The van der Waals surface area contributed by atoms with E-state index in [-0.39, 0.29) is 12.4 Å². The van der Waals surface area contributed by atoms with Crippen LogP contribution in [0.3, 0.4) is 0 Å². The smallest absolute Gasteiger partial charge is 0.140 e. The molecule has 5 heteroatoms. The highest BCUT2D eigenvalue weighted by Crippen LogP contribution is 2.26. The number of pyridine rings is 1. The predicted molar refractivity (Wildman–Crippen MR) is 52.2 cm³/mol. The molecule has 0 unspecified atom stereocenters. The van der Waals surface area contributed by atoms with Gasteiger partial charge in [0, 0.05) is 10.7 Å². The van der Waals surface area contributed by atoms with Gasteiger partial charge in [0.1, 0.15) is 11.4 Å². The van der Waals surface area contributed by atoms with Gasteiger partial charge in [0.2, 0.25) is 0 Å². The standard InChI is InChI=1S/C8H11BrN2O2/c1-8(10,4-12)7-6(13)2-5(9)3-11-7/h2-3,12-13H,4,10H2,1H3/t8-/m0/s1. The molecule has 4 N–H and O–H groups in total. The largest absolute Gasteiger partial charge is 0.506 e. The van der Waals surface area contributed by atoms with E-state index in [1.165, 1.54) is 12.3 Å². The highest BCUT2D eigenvalue weighted by atomic mass is 79.9. The summed E-state index contributed by atoms with van der Waals surface area (Å²) in [6.45, 7) is 1.33. The Kier molecular flexibility index (Phi) is 2.90. The molecule has 72 valence electrons. The van der Waals surface area contributed by atoms with Gasteiger partial charge in [-0.25, -0.2) is 0 Å². The molecule has 13 heavy (non-hydrogen) atoms. The second-order valence-corrected chi connectivity index (χ2v) is 4.01. The lowest BCUT2D eigenvalue weighted by atomic mass is 9.99. The Morgan fingerprint density at radius 3 is 2.77 bits per heavy atom. The SMILES string of the molecule is C[C@](N)(CO)c1ncc(Br)cc1O. The third-order valence-electron chi connectivity index (χ3n) is 1.70. The molecule has 0 aliphatic heterocycles. The van der Waals surface area contributed by atoms with E-state index in [2.05, 4.69) is 20.9 Å². The fourth-order valence-corrected chi connectivity index (χ4v) is 1.26. The van der Waals surface area contributed by atoms with E-state index < -0.39 is 5.54 Å². The highest BCUT2D eigenvalue weighted by molar-refractivity contribution is 9.10. The molecule has 1 heterocycles. The maximum absolute atomic E-state index is 9.47. The third-order valence-corrected chi connectivity index (χ3v) is 2.14. The normalized spacial score (nSPS) is 15.4. The van der Waals surface area contributed by atoms with Gasteiger partial charge in [0.25, 0.3) is 0 Å². The van der Waals surface area contributed by atoms with Crippen molar-refractivity contribution in [3.63, 3.8) is 0 Å². The van der Waals surface area contributed by atoms with Crippen LogP contribution in [0.25, 0.3) is 0 Å². The molecule has 0 spiro atoms. The van der Waals surface area contributed by atoms with E-state index in [4.69, 9.17) is 10.8 Å². The molecule has 1 rings (SSSR count). The fraction of sp³-hybridized carbons (Fsp3) is 0.375. The summed E-state index contributed by atoms with van der Waals surface area (Å²) in [5.41, 5.74) is 4.98. The number of aliphatic hydroxyl groups is 1. The van der Waals surface area contributed by atoms with Gasteiger partial charge in [-0.2, -0.15) is 0 Å². The van der Waals surface area contributed by atoms with Gasteiger partial charge in [0.15, 0.2) is 0 Å². The summed E-state index contributed by atoms with van der Waals surface area (Å²) in [5.74, 6) is -0.0200. The molecule has 1 aromatic rings. The van der Waals surface area contributed by atoms with E-state index in [9.17, 15) is 5.11 Å². The zero-order valence-corrected chi connectivity index (χ0v) is 8.74. The summed E-state index contributed by atoms with van der Waals surface area (Å²) in [7, 11) is 0. The average Bonchev–Trinajstić information content (AvgIpc) is 2.03. The van der Waals surface area contributed by atoms with Gasteiger partial charge in [-0.15, -0.1) is 0 Å². The molecule has 0 aliphatic rings. The van der Waals surface area contributed by atoms with Crippen molar-refractivity contribution in [3.05, 3.63) is 22.4 Å². The van der Waals surface area contributed by atoms with Crippen LogP contribution in [0.5, 0.6) is 5.75 Å². The lowest BCUT2D eigenvalue weighted by Crippen LogP contribution is -2.37. The number of nitrogens with zero attached hydrogens (tertiary/aromatic N) is 1. The molecule has 0 saturated carbocycles. The topological polar surface area (TPSA) is 79.4 Å². The first kappa shape index (κ1) is 10.4. The monoisotopic (exact) mass is 246 g/mol. The van der Waals surface area contributed by atoms with Gasteiger partial charge < -0.3 is 15.9 Å². The van der Waals surface area contributed by atoms with Crippen LogP contribution in [-0.2, 0) is 5.54 Å². The molecule has 4 nitrogen and oxygen atoms in total. The van der Waals surface area contributed by atoms with Crippen LogP contribution in [0, 0.1) is 0 Å². The third kappa shape index (κ3) is 2.18. The number of aromatic nitrogens is 1. The number of aliphatic hydroxyl groups excluding tert-OH is 1. The zero-order valence-electron chi connectivity index (χ0n) is 7.16.